The lowest BCUT2D eigenvalue weighted by Crippen LogP contribution is -2.75. The fourth-order valence-electron chi connectivity index (χ4n) is 1.85. The molecule has 0 spiro atoms. The number of nitrogens with one attached hydrogen (secondary N) is 1. The van der Waals surface area contributed by atoms with Crippen molar-refractivity contribution in [1.29, 1.82) is 0 Å². The second kappa shape index (κ2) is 9.59. The molecular formula is C14H10F17NO4S. The summed E-state index contributed by atoms with van der Waals surface area (Å²) in [5.41, 5.74) is -0.421. The van der Waals surface area contributed by atoms with Gasteiger partial charge in [-0.2, -0.15) is 74.6 Å². The minimum Gasteiger partial charge on any atom is -0.461 e. The number of hydrogen-bond donors (Lipinski definition) is 1. The van der Waals surface area contributed by atoms with Crippen LogP contribution in [0.1, 0.15) is 6.92 Å². The molecule has 0 saturated heterocycles. The van der Waals surface area contributed by atoms with E-state index in [1.165, 1.54) is 0 Å². The van der Waals surface area contributed by atoms with Crippen LogP contribution in [0.3, 0.4) is 0 Å². The van der Waals surface area contributed by atoms with Gasteiger partial charge in [0.15, 0.2) is 0 Å². The predicted octanol–water partition coefficient (Wildman–Crippen LogP) is 4.99. The van der Waals surface area contributed by atoms with E-state index in [2.05, 4.69) is 11.3 Å². The van der Waals surface area contributed by atoms with Gasteiger partial charge >= 0.3 is 52.9 Å². The molecule has 0 aliphatic carbocycles. The zero-order chi connectivity index (χ0) is 30.5. The molecule has 220 valence electrons. The van der Waals surface area contributed by atoms with Gasteiger partial charge in [0.2, 0.25) is 0 Å². The van der Waals surface area contributed by atoms with Crippen molar-refractivity contribution in [2.45, 2.75) is 53.9 Å². The van der Waals surface area contributed by atoms with Crippen molar-refractivity contribution >= 4 is 16.0 Å². The lowest BCUT2D eigenvalue weighted by atomic mass is 9.91. The lowest BCUT2D eigenvalue weighted by Gasteiger charge is -2.42. The topological polar surface area (TPSA) is 72.5 Å². The Morgan fingerprint density at radius 1 is 0.676 bits per heavy atom. The molecule has 0 aliphatic rings. The molecule has 0 radical (unpaired) electrons. The van der Waals surface area contributed by atoms with Crippen molar-refractivity contribution in [3.05, 3.63) is 12.2 Å². The molecule has 0 heterocycles. The zero-order valence-corrected chi connectivity index (χ0v) is 17.9. The first kappa shape index (κ1) is 34.9. The Balaban J connectivity index is 6.49. The second-order valence-electron chi connectivity index (χ2n) is 6.77. The van der Waals surface area contributed by atoms with Crippen molar-refractivity contribution in [2.75, 3.05) is 13.2 Å². The van der Waals surface area contributed by atoms with E-state index in [9.17, 15) is 87.8 Å². The van der Waals surface area contributed by atoms with E-state index >= 15 is 0 Å². The molecule has 0 aliphatic heterocycles. The number of alkyl halides is 17. The van der Waals surface area contributed by atoms with Crippen LogP contribution in [0, 0.1) is 0 Å². The molecule has 0 fully saturated rings. The van der Waals surface area contributed by atoms with E-state index in [0.717, 1.165) is 6.92 Å². The summed E-state index contributed by atoms with van der Waals surface area (Å²) in [6.07, 6.45) is -7.90. The third kappa shape index (κ3) is 5.15. The Morgan fingerprint density at radius 3 is 1.32 bits per heavy atom. The molecule has 0 atom stereocenters. The number of hydrogen-bond acceptors (Lipinski definition) is 4. The second-order valence-corrected chi connectivity index (χ2v) is 8.58. The Labute approximate surface area is 193 Å². The molecule has 23 heteroatoms. The highest BCUT2D eigenvalue weighted by molar-refractivity contribution is 7.90. The maximum absolute atomic E-state index is 13.7. The third-order valence-electron chi connectivity index (χ3n) is 4.01. The average Bonchev–Trinajstić information content (AvgIpc) is 2.68. The maximum atomic E-state index is 13.7. The van der Waals surface area contributed by atoms with E-state index in [4.69, 9.17) is 0 Å². The normalized spacial score (nSPS) is 15.5. The molecule has 0 bridgehead atoms. The number of ether oxygens (including phenoxy) is 1. The molecule has 0 rings (SSSR count). The number of sulfonamides is 1. The van der Waals surface area contributed by atoms with Crippen molar-refractivity contribution in [3.63, 3.8) is 0 Å². The number of esters is 1. The molecule has 5 nitrogen and oxygen atoms in total. The molecule has 0 aromatic carbocycles. The first-order valence-electron chi connectivity index (χ1n) is 8.36. The van der Waals surface area contributed by atoms with Gasteiger partial charge in [-0.25, -0.2) is 17.9 Å². The quantitative estimate of drug-likeness (QED) is 0.146. The van der Waals surface area contributed by atoms with Crippen molar-refractivity contribution in [3.8, 4) is 0 Å². The van der Waals surface area contributed by atoms with E-state index in [1.54, 1.807) is 0 Å². The average molecular weight is 611 g/mol. The highest BCUT2D eigenvalue weighted by atomic mass is 32.2. The standard InChI is InChI=1S/C14H10F17NO4S/c1-5(2)6(33)36-4-3-32-37(34,35)14(30,31)12(25,26)10(21,22)8(17,18)7(15,16)9(19,20)11(23,24)13(27,28)29/h32H,1,3-4H2,2H3. The largest absolute Gasteiger partial charge is 0.461 e. The monoisotopic (exact) mass is 611 g/mol. The Bertz CT molecular complexity index is 986. The SMILES string of the molecule is C=C(C)C(=O)OCCNS(=O)(=O)C(F)(F)C(F)(F)C(F)(F)C(F)(F)C(F)(F)C(F)(F)C(F)(F)C(F)(F)F. The first-order chi connectivity index (χ1) is 15.8. The number of halogens is 17. The van der Waals surface area contributed by atoms with Gasteiger partial charge in [0.1, 0.15) is 6.61 Å². The summed E-state index contributed by atoms with van der Waals surface area (Å²) in [4.78, 5) is 11.0. The summed E-state index contributed by atoms with van der Waals surface area (Å²) in [6, 6.07) is 0. The van der Waals surface area contributed by atoms with Gasteiger partial charge in [0.05, 0.1) is 0 Å². The fourth-order valence-corrected chi connectivity index (χ4v) is 2.85. The zero-order valence-electron chi connectivity index (χ0n) is 17.1. The predicted molar refractivity (Wildman–Crippen MR) is 83.4 cm³/mol. The van der Waals surface area contributed by atoms with E-state index < -0.39 is 81.7 Å². The molecular weight excluding hydrogens is 601 g/mol. The van der Waals surface area contributed by atoms with E-state index in [0.29, 0.717) is 0 Å². The highest BCUT2D eigenvalue weighted by Crippen LogP contribution is 2.64. The summed E-state index contributed by atoms with van der Waals surface area (Å²) in [7, 11) is -7.43. The summed E-state index contributed by atoms with van der Waals surface area (Å²) < 4.78 is 250. The number of carbonyl (C=O) groups is 1. The Hall–Kier alpha value is -2.07. The van der Waals surface area contributed by atoms with E-state index in [1.807, 2.05) is 0 Å². The van der Waals surface area contributed by atoms with Crippen LogP contribution in [0.25, 0.3) is 0 Å². The van der Waals surface area contributed by atoms with Gasteiger partial charge < -0.3 is 4.74 Å². The van der Waals surface area contributed by atoms with Crippen LogP contribution in [0.5, 0.6) is 0 Å². The van der Waals surface area contributed by atoms with Crippen LogP contribution >= 0.6 is 0 Å². The first-order valence-corrected chi connectivity index (χ1v) is 9.84. The minimum atomic E-state index is -8.91. The van der Waals surface area contributed by atoms with Gasteiger partial charge in [-0.1, -0.05) is 6.58 Å². The molecule has 0 aromatic rings. The molecule has 0 aromatic heterocycles. The van der Waals surface area contributed by atoms with Crippen LogP contribution in [0.4, 0.5) is 74.6 Å². The van der Waals surface area contributed by atoms with Gasteiger partial charge in [-0.05, 0) is 6.92 Å². The van der Waals surface area contributed by atoms with Gasteiger partial charge in [-0.3, -0.25) is 0 Å². The van der Waals surface area contributed by atoms with Gasteiger partial charge in [-0.15, -0.1) is 0 Å². The van der Waals surface area contributed by atoms with Crippen molar-refractivity contribution < 1.29 is 92.6 Å². The van der Waals surface area contributed by atoms with E-state index in [-0.39, 0.29) is 4.72 Å². The Kier molecular flexibility index (Phi) is 9.06. The number of carbonyl (C=O) groups excluding carboxylic acids is 1. The van der Waals surface area contributed by atoms with Crippen LogP contribution in [-0.2, 0) is 19.6 Å². The maximum Gasteiger partial charge on any atom is 0.460 e. The molecule has 1 N–H and O–H groups in total. The summed E-state index contributed by atoms with van der Waals surface area (Å²) in [5.74, 6) is -53.4. The van der Waals surface area contributed by atoms with Crippen LogP contribution in [-0.4, -0.2) is 74.5 Å². The minimum absolute atomic E-state index is 0.289. The molecule has 37 heavy (non-hydrogen) atoms. The summed E-state index contributed by atoms with van der Waals surface area (Å²) in [5, 5.41) is -7.68. The van der Waals surface area contributed by atoms with Gasteiger partial charge in [0.25, 0.3) is 10.0 Å². The lowest BCUT2D eigenvalue weighted by molar-refractivity contribution is -0.458. The molecule has 0 saturated carbocycles. The molecule has 0 unspecified atom stereocenters. The summed E-state index contributed by atoms with van der Waals surface area (Å²) >= 11 is 0. The third-order valence-corrected chi connectivity index (χ3v) is 5.52. The number of rotatable bonds is 12. The fraction of sp³-hybridized carbons (Fsp3) is 0.786. The van der Waals surface area contributed by atoms with Crippen LogP contribution in [0.15, 0.2) is 12.2 Å². The summed E-state index contributed by atoms with van der Waals surface area (Å²) in [6.45, 7) is 0.838. The molecule has 0 amide bonds. The Morgan fingerprint density at radius 2 is 1.00 bits per heavy atom. The van der Waals surface area contributed by atoms with Crippen molar-refractivity contribution in [1.82, 2.24) is 4.72 Å². The van der Waals surface area contributed by atoms with Crippen LogP contribution < -0.4 is 4.72 Å². The van der Waals surface area contributed by atoms with Crippen LogP contribution in [0.2, 0.25) is 0 Å². The smallest absolute Gasteiger partial charge is 0.460 e. The van der Waals surface area contributed by atoms with Gasteiger partial charge in [0, 0.05) is 12.1 Å². The van der Waals surface area contributed by atoms with Crippen molar-refractivity contribution in [2.24, 2.45) is 0 Å². The highest BCUT2D eigenvalue weighted by Gasteiger charge is 2.96.